The van der Waals surface area contributed by atoms with E-state index in [9.17, 15) is 4.79 Å². The average Bonchev–Trinajstić information content (AvgIpc) is 3.19. The summed E-state index contributed by atoms with van der Waals surface area (Å²) in [5.41, 5.74) is 3.63. The van der Waals surface area contributed by atoms with E-state index >= 15 is 0 Å². The zero-order chi connectivity index (χ0) is 22.9. The number of nitrogens with one attached hydrogen (secondary N) is 1. The number of nitriles is 1. The molecule has 0 saturated carbocycles. The molecule has 1 N–H and O–H groups in total. The van der Waals surface area contributed by atoms with Gasteiger partial charge in [-0.1, -0.05) is 30.3 Å². The van der Waals surface area contributed by atoms with Crippen LogP contribution in [0.15, 0.2) is 63.5 Å². The second-order valence-electron chi connectivity index (χ2n) is 6.69. The van der Waals surface area contributed by atoms with Crippen LogP contribution in [0.2, 0.25) is 0 Å². The second kappa shape index (κ2) is 11.2. The summed E-state index contributed by atoms with van der Waals surface area (Å²) in [6.07, 6.45) is 1.78. The number of benzene rings is 2. The van der Waals surface area contributed by atoms with Crippen molar-refractivity contribution in [2.24, 2.45) is 15.0 Å². The van der Waals surface area contributed by atoms with Gasteiger partial charge in [0, 0.05) is 31.5 Å². The molecule has 0 atom stereocenters. The van der Waals surface area contributed by atoms with Gasteiger partial charge in [-0.05, 0) is 43.8 Å². The van der Waals surface area contributed by atoms with Crippen LogP contribution in [0.4, 0.5) is 17.1 Å². The van der Waals surface area contributed by atoms with E-state index in [0.717, 1.165) is 24.3 Å². The van der Waals surface area contributed by atoms with Gasteiger partial charge >= 0.3 is 0 Å². The molecule has 2 aromatic carbocycles. The number of aliphatic imine (C=N–C) groups is 3. The normalized spacial score (nSPS) is 15.5. The van der Waals surface area contributed by atoms with E-state index < -0.39 is 0 Å². The van der Waals surface area contributed by atoms with Gasteiger partial charge in [0.1, 0.15) is 17.4 Å². The van der Waals surface area contributed by atoms with Crippen LogP contribution in [0.5, 0.6) is 0 Å². The van der Waals surface area contributed by atoms with E-state index in [4.69, 9.17) is 15.0 Å². The summed E-state index contributed by atoms with van der Waals surface area (Å²) in [6.45, 7) is 5.77. The minimum atomic E-state index is -0.270. The van der Waals surface area contributed by atoms with E-state index in [0.29, 0.717) is 27.3 Å². The Labute approximate surface area is 191 Å². The number of carbonyl (C=O) groups excluding carboxylic acids is 1. The summed E-state index contributed by atoms with van der Waals surface area (Å²) in [5.74, 6) is -0.270. The van der Waals surface area contributed by atoms with Gasteiger partial charge in [-0.15, -0.1) is 4.99 Å². The van der Waals surface area contributed by atoms with E-state index in [-0.39, 0.29) is 12.5 Å². The molecule has 0 aliphatic carbocycles. The largest absolute Gasteiger partial charge is 0.375 e. The molecule has 0 aromatic heterocycles. The minimum absolute atomic E-state index is 0.0596. The first-order valence-corrected chi connectivity index (χ1v) is 11.0. The number of methoxy groups -OCH3 is 1. The number of amides is 1. The molecule has 1 aliphatic heterocycles. The molecule has 0 spiro atoms. The van der Waals surface area contributed by atoms with Gasteiger partial charge in [0.05, 0.1) is 11.4 Å². The van der Waals surface area contributed by atoms with Crippen LogP contribution in [-0.4, -0.2) is 48.6 Å². The predicted molar refractivity (Wildman–Crippen MR) is 131 cm³/mol. The number of carbonyl (C=O) groups is 1. The van der Waals surface area contributed by atoms with Crippen molar-refractivity contribution in [2.75, 3.05) is 37.0 Å². The lowest BCUT2D eigenvalue weighted by Gasteiger charge is -2.22. The standard InChI is InChI=1S/C23H24N6O2S/c1-4-29(5-2)17-11-12-18(19(13-17)26-20(30)14-31-3)27-22-21(16-9-7-6-8-10-16)28-23(32-22)25-15-24/h6-13H,4-5,14H2,1-3H3,(H,26,30). The fourth-order valence-electron chi connectivity index (χ4n) is 3.19. The molecule has 164 valence electrons. The van der Waals surface area contributed by atoms with Gasteiger partial charge in [-0.3, -0.25) is 4.79 Å². The van der Waals surface area contributed by atoms with Crippen molar-refractivity contribution in [1.29, 1.82) is 5.26 Å². The van der Waals surface area contributed by atoms with Gasteiger partial charge in [0.15, 0.2) is 0 Å². The average molecular weight is 449 g/mol. The summed E-state index contributed by atoms with van der Waals surface area (Å²) >= 11 is 1.22. The third-order valence-corrected chi connectivity index (χ3v) is 5.51. The number of nitrogens with zero attached hydrogens (tertiary/aromatic N) is 5. The van der Waals surface area contributed by atoms with Crippen molar-refractivity contribution >= 4 is 50.7 Å². The van der Waals surface area contributed by atoms with Crippen molar-refractivity contribution in [3.8, 4) is 6.19 Å². The Kier molecular flexibility index (Phi) is 8.14. The molecular formula is C23H24N6O2S. The van der Waals surface area contributed by atoms with Crippen molar-refractivity contribution in [3.63, 3.8) is 0 Å². The van der Waals surface area contributed by atoms with Crippen LogP contribution in [0, 0.1) is 11.5 Å². The molecule has 0 fully saturated rings. The van der Waals surface area contributed by atoms with Crippen LogP contribution in [0.1, 0.15) is 19.4 Å². The van der Waals surface area contributed by atoms with Crippen LogP contribution in [0.3, 0.4) is 0 Å². The summed E-state index contributed by atoms with van der Waals surface area (Å²) < 4.78 is 4.96. The molecule has 32 heavy (non-hydrogen) atoms. The third-order valence-electron chi connectivity index (χ3n) is 4.67. The Hall–Kier alpha value is -3.48. The molecule has 8 nitrogen and oxygen atoms in total. The highest BCUT2D eigenvalue weighted by atomic mass is 32.2. The number of hydrogen-bond acceptors (Lipinski definition) is 7. The quantitative estimate of drug-likeness (QED) is 0.609. The number of thioether (sulfide) groups is 1. The zero-order valence-electron chi connectivity index (χ0n) is 18.2. The molecule has 1 aliphatic rings. The number of rotatable bonds is 8. The van der Waals surface area contributed by atoms with Crippen LogP contribution in [0.25, 0.3) is 0 Å². The summed E-state index contributed by atoms with van der Waals surface area (Å²) in [5, 5.41) is 12.8. The highest BCUT2D eigenvalue weighted by Crippen LogP contribution is 2.33. The number of hydrogen-bond donors (Lipinski definition) is 1. The minimum Gasteiger partial charge on any atom is -0.375 e. The van der Waals surface area contributed by atoms with E-state index in [1.165, 1.54) is 18.9 Å². The fourth-order valence-corrected chi connectivity index (χ4v) is 3.99. The first-order chi connectivity index (χ1) is 15.6. The number of anilines is 2. The maximum absolute atomic E-state index is 12.3. The Morgan fingerprint density at radius 3 is 2.62 bits per heavy atom. The molecule has 0 radical (unpaired) electrons. The van der Waals surface area contributed by atoms with Gasteiger partial charge in [-0.2, -0.15) is 5.26 Å². The summed E-state index contributed by atoms with van der Waals surface area (Å²) in [7, 11) is 1.47. The van der Waals surface area contributed by atoms with Gasteiger partial charge < -0.3 is 15.0 Å². The number of ether oxygens (including phenoxy) is 1. The lowest BCUT2D eigenvalue weighted by molar-refractivity contribution is -0.119. The maximum atomic E-state index is 12.3. The summed E-state index contributed by atoms with van der Waals surface area (Å²) in [4.78, 5) is 27.5. The SMILES string of the molecule is CCN(CC)c1ccc(N=C2SC(=NC#N)N=C2c2ccccc2)c(NC(=O)COC)c1. The lowest BCUT2D eigenvalue weighted by atomic mass is 10.1. The molecule has 3 rings (SSSR count). The maximum Gasteiger partial charge on any atom is 0.250 e. The van der Waals surface area contributed by atoms with Gasteiger partial charge in [0.2, 0.25) is 17.3 Å². The van der Waals surface area contributed by atoms with Crippen LogP contribution < -0.4 is 10.2 Å². The first kappa shape index (κ1) is 23.2. The highest BCUT2D eigenvalue weighted by molar-refractivity contribution is 8.28. The Morgan fingerprint density at radius 2 is 1.97 bits per heavy atom. The molecule has 9 heteroatoms. The van der Waals surface area contributed by atoms with Crippen molar-refractivity contribution < 1.29 is 9.53 Å². The number of amidine groups is 1. The zero-order valence-corrected chi connectivity index (χ0v) is 19.0. The molecular weight excluding hydrogens is 424 g/mol. The lowest BCUT2D eigenvalue weighted by Crippen LogP contribution is -2.22. The smallest absolute Gasteiger partial charge is 0.250 e. The van der Waals surface area contributed by atoms with Gasteiger partial charge in [-0.25, -0.2) is 9.98 Å². The van der Waals surface area contributed by atoms with Crippen molar-refractivity contribution in [1.82, 2.24) is 0 Å². The van der Waals surface area contributed by atoms with E-state index in [2.05, 4.69) is 34.0 Å². The third kappa shape index (κ3) is 5.60. The van der Waals surface area contributed by atoms with Crippen molar-refractivity contribution in [3.05, 3.63) is 54.1 Å². The molecule has 1 heterocycles. The molecule has 0 saturated heterocycles. The summed E-state index contributed by atoms with van der Waals surface area (Å²) in [6, 6.07) is 15.3. The van der Waals surface area contributed by atoms with Crippen molar-refractivity contribution in [2.45, 2.75) is 13.8 Å². The topological polar surface area (TPSA) is 102 Å². The van der Waals surface area contributed by atoms with E-state index in [1.807, 2.05) is 48.5 Å². The second-order valence-corrected chi connectivity index (χ2v) is 7.65. The van der Waals surface area contributed by atoms with Gasteiger partial charge in [0.25, 0.3) is 0 Å². The molecule has 1 amide bonds. The highest BCUT2D eigenvalue weighted by Gasteiger charge is 2.24. The van der Waals surface area contributed by atoms with Crippen LogP contribution in [-0.2, 0) is 9.53 Å². The fraction of sp³-hybridized carbons (Fsp3) is 0.261. The molecule has 0 unspecified atom stereocenters. The predicted octanol–water partition coefficient (Wildman–Crippen LogP) is 4.22. The first-order valence-electron chi connectivity index (χ1n) is 10.1. The Bertz CT molecular complexity index is 1100. The van der Waals surface area contributed by atoms with E-state index in [1.54, 1.807) is 6.19 Å². The molecule has 0 bridgehead atoms. The molecule has 2 aromatic rings. The van der Waals surface area contributed by atoms with Crippen LogP contribution >= 0.6 is 11.8 Å². The Balaban J connectivity index is 2.06. The Morgan fingerprint density at radius 1 is 1.22 bits per heavy atom. The monoisotopic (exact) mass is 448 g/mol.